The van der Waals surface area contributed by atoms with Crippen LogP contribution >= 0.6 is 11.6 Å². The summed E-state index contributed by atoms with van der Waals surface area (Å²) >= 11 is 5.59. The second-order valence-electron chi connectivity index (χ2n) is 2.92. The molecule has 0 aliphatic heterocycles. The van der Waals surface area contributed by atoms with E-state index in [1.165, 1.54) is 10.8 Å². The summed E-state index contributed by atoms with van der Waals surface area (Å²) in [6.07, 6.45) is 3.06. The summed E-state index contributed by atoms with van der Waals surface area (Å²) in [5.74, 6) is 0. The summed E-state index contributed by atoms with van der Waals surface area (Å²) in [5, 5.41) is 3.04. The van der Waals surface area contributed by atoms with Crippen LogP contribution in [0, 0.1) is 0 Å². The molecule has 1 aromatic heterocycles. The van der Waals surface area contributed by atoms with Gasteiger partial charge in [-0.15, -0.1) is 6.58 Å². The van der Waals surface area contributed by atoms with E-state index in [0.29, 0.717) is 19.6 Å². The first kappa shape index (κ1) is 11.7. The Balaban J connectivity index is 2.69. The van der Waals surface area contributed by atoms with Crippen LogP contribution in [0.4, 0.5) is 0 Å². The highest BCUT2D eigenvalue weighted by molar-refractivity contribution is 6.30. The number of nitrogens with zero attached hydrogens (tertiary/aromatic N) is 1. The van der Waals surface area contributed by atoms with Crippen LogP contribution in [-0.2, 0) is 6.54 Å². The van der Waals surface area contributed by atoms with E-state index in [4.69, 9.17) is 11.6 Å². The molecule has 82 valence electrons. The van der Waals surface area contributed by atoms with E-state index in [2.05, 4.69) is 16.9 Å². The number of aromatic amines is 1. The van der Waals surface area contributed by atoms with Gasteiger partial charge in [-0.1, -0.05) is 17.7 Å². The van der Waals surface area contributed by atoms with Gasteiger partial charge in [0.1, 0.15) is 5.02 Å². The van der Waals surface area contributed by atoms with Crippen LogP contribution in [0.3, 0.4) is 0 Å². The third kappa shape index (κ3) is 3.38. The maximum absolute atomic E-state index is 11.3. The second-order valence-corrected chi connectivity index (χ2v) is 3.33. The number of H-pyrrole nitrogens is 1. The SMILES string of the molecule is C=CCNCCn1cc(Cl)c(=O)[nH]c1=O. The van der Waals surface area contributed by atoms with Gasteiger partial charge in [-0.2, -0.15) is 0 Å². The zero-order valence-electron chi connectivity index (χ0n) is 8.12. The quantitative estimate of drug-likeness (QED) is 0.550. The molecule has 0 fully saturated rings. The van der Waals surface area contributed by atoms with Crippen molar-refractivity contribution >= 4 is 11.6 Å². The van der Waals surface area contributed by atoms with Crippen LogP contribution < -0.4 is 16.6 Å². The van der Waals surface area contributed by atoms with Crippen molar-refractivity contribution in [2.75, 3.05) is 13.1 Å². The molecule has 0 aliphatic carbocycles. The molecule has 1 rings (SSSR count). The molecule has 0 bridgehead atoms. The first-order valence-corrected chi connectivity index (χ1v) is 4.84. The van der Waals surface area contributed by atoms with Gasteiger partial charge < -0.3 is 5.32 Å². The summed E-state index contributed by atoms with van der Waals surface area (Å²) < 4.78 is 1.35. The molecule has 0 saturated carbocycles. The summed E-state index contributed by atoms with van der Waals surface area (Å²) in [6, 6.07) is 0. The van der Waals surface area contributed by atoms with Crippen molar-refractivity contribution in [3.63, 3.8) is 0 Å². The molecular formula is C9H12ClN3O2. The number of hydrogen-bond acceptors (Lipinski definition) is 3. The lowest BCUT2D eigenvalue weighted by Gasteiger charge is -2.05. The Morgan fingerprint density at radius 2 is 2.33 bits per heavy atom. The summed E-state index contributed by atoms with van der Waals surface area (Å²) in [7, 11) is 0. The average Bonchev–Trinajstić information content (AvgIpc) is 2.20. The van der Waals surface area contributed by atoms with Gasteiger partial charge in [0.15, 0.2) is 0 Å². The van der Waals surface area contributed by atoms with Gasteiger partial charge in [0.05, 0.1) is 0 Å². The van der Waals surface area contributed by atoms with E-state index in [0.717, 1.165) is 0 Å². The standard InChI is InChI=1S/C9H12ClN3O2/c1-2-3-11-4-5-13-6-7(10)8(14)12-9(13)15/h2,6,11H,1,3-5H2,(H,12,14,15). The Bertz CT molecular complexity index is 449. The van der Waals surface area contributed by atoms with Crippen LogP contribution in [0.1, 0.15) is 0 Å². The van der Waals surface area contributed by atoms with E-state index in [-0.39, 0.29) is 5.02 Å². The monoisotopic (exact) mass is 229 g/mol. The van der Waals surface area contributed by atoms with Crippen LogP contribution in [0.15, 0.2) is 28.4 Å². The highest BCUT2D eigenvalue weighted by Crippen LogP contribution is 1.94. The maximum Gasteiger partial charge on any atom is 0.328 e. The fourth-order valence-electron chi connectivity index (χ4n) is 1.05. The van der Waals surface area contributed by atoms with Gasteiger partial charge in [0, 0.05) is 25.8 Å². The van der Waals surface area contributed by atoms with E-state index in [1.807, 2.05) is 0 Å². The minimum Gasteiger partial charge on any atom is -0.312 e. The van der Waals surface area contributed by atoms with Crippen LogP contribution in [0.2, 0.25) is 5.02 Å². The lowest BCUT2D eigenvalue weighted by molar-refractivity contribution is 0.595. The Morgan fingerprint density at radius 3 is 3.00 bits per heavy atom. The smallest absolute Gasteiger partial charge is 0.312 e. The van der Waals surface area contributed by atoms with Crippen molar-refractivity contribution < 1.29 is 0 Å². The predicted octanol–water partition coefficient (Wildman–Crippen LogP) is -0.0344. The average molecular weight is 230 g/mol. The summed E-state index contributed by atoms with van der Waals surface area (Å²) in [6.45, 7) is 5.27. The van der Waals surface area contributed by atoms with Crippen LogP contribution in [0.25, 0.3) is 0 Å². The number of hydrogen-bond donors (Lipinski definition) is 2. The second kappa shape index (κ2) is 5.53. The molecule has 5 nitrogen and oxygen atoms in total. The Kier molecular flexibility index (Phi) is 4.33. The number of rotatable bonds is 5. The van der Waals surface area contributed by atoms with Gasteiger partial charge >= 0.3 is 5.69 Å². The van der Waals surface area contributed by atoms with Crippen molar-refractivity contribution in [1.29, 1.82) is 0 Å². The van der Waals surface area contributed by atoms with Gasteiger partial charge in [0.2, 0.25) is 0 Å². The first-order chi connectivity index (χ1) is 7.15. The molecule has 0 spiro atoms. The Labute approximate surface area is 91.4 Å². The molecule has 0 aliphatic rings. The van der Waals surface area contributed by atoms with Crippen molar-refractivity contribution in [3.05, 3.63) is 44.7 Å². The van der Waals surface area contributed by atoms with Crippen LogP contribution in [0.5, 0.6) is 0 Å². The van der Waals surface area contributed by atoms with Crippen molar-refractivity contribution in [1.82, 2.24) is 14.9 Å². The Morgan fingerprint density at radius 1 is 1.60 bits per heavy atom. The molecule has 6 heteroatoms. The van der Waals surface area contributed by atoms with Crippen molar-refractivity contribution in [2.45, 2.75) is 6.54 Å². The molecular weight excluding hydrogens is 218 g/mol. The maximum atomic E-state index is 11.3. The summed E-state index contributed by atoms with van der Waals surface area (Å²) in [5.41, 5.74) is -1.01. The lowest BCUT2D eigenvalue weighted by atomic mass is 10.5. The minimum atomic E-state index is -0.558. The fourth-order valence-corrected chi connectivity index (χ4v) is 1.22. The van der Waals surface area contributed by atoms with E-state index < -0.39 is 11.2 Å². The highest BCUT2D eigenvalue weighted by atomic mass is 35.5. The Hall–Kier alpha value is -1.33. The van der Waals surface area contributed by atoms with Crippen molar-refractivity contribution in [3.8, 4) is 0 Å². The molecule has 15 heavy (non-hydrogen) atoms. The van der Waals surface area contributed by atoms with Gasteiger partial charge in [-0.25, -0.2) is 4.79 Å². The minimum absolute atomic E-state index is 0.0123. The molecule has 0 atom stereocenters. The largest absolute Gasteiger partial charge is 0.328 e. The third-order valence-electron chi connectivity index (χ3n) is 1.79. The van der Waals surface area contributed by atoms with Gasteiger partial charge in [-0.05, 0) is 0 Å². The predicted molar refractivity (Wildman–Crippen MR) is 59.4 cm³/mol. The zero-order valence-corrected chi connectivity index (χ0v) is 8.88. The molecule has 0 unspecified atom stereocenters. The molecule has 0 radical (unpaired) electrons. The lowest BCUT2D eigenvalue weighted by Crippen LogP contribution is -2.32. The number of halogens is 1. The number of nitrogens with one attached hydrogen (secondary N) is 2. The third-order valence-corrected chi connectivity index (χ3v) is 2.05. The fraction of sp³-hybridized carbons (Fsp3) is 0.333. The molecule has 0 aromatic carbocycles. The molecule has 2 N–H and O–H groups in total. The molecule has 0 saturated heterocycles. The normalized spacial score (nSPS) is 10.2. The van der Waals surface area contributed by atoms with E-state index in [9.17, 15) is 9.59 Å². The first-order valence-electron chi connectivity index (χ1n) is 4.46. The van der Waals surface area contributed by atoms with Gasteiger partial charge in [0.25, 0.3) is 5.56 Å². The zero-order chi connectivity index (χ0) is 11.3. The molecule has 0 amide bonds. The van der Waals surface area contributed by atoms with Gasteiger partial charge in [-0.3, -0.25) is 14.3 Å². The van der Waals surface area contributed by atoms with E-state index >= 15 is 0 Å². The molecule has 1 aromatic rings. The van der Waals surface area contributed by atoms with E-state index in [1.54, 1.807) is 6.08 Å². The van der Waals surface area contributed by atoms with Crippen molar-refractivity contribution in [2.24, 2.45) is 0 Å². The highest BCUT2D eigenvalue weighted by Gasteiger charge is 2.00. The number of aromatic nitrogens is 2. The molecule has 1 heterocycles. The topological polar surface area (TPSA) is 66.9 Å². The summed E-state index contributed by atoms with van der Waals surface area (Å²) in [4.78, 5) is 24.3. The van der Waals surface area contributed by atoms with Crippen LogP contribution in [-0.4, -0.2) is 22.6 Å².